The van der Waals surface area contributed by atoms with Crippen LogP contribution in [0.2, 0.25) is 0 Å². The molecule has 0 aliphatic carbocycles. The molecule has 9 heteroatoms. The fraction of sp³-hybridized carbons (Fsp3) is 0.111. The van der Waals surface area contributed by atoms with Crippen molar-refractivity contribution in [3.8, 4) is 0 Å². The molecule has 0 saturated heterocycles. The summed E-state index contributed by atoms with van der Waals surface area (Å²) in [6.07, 6.45) is 0. The number of nitrogen functional groups attached to an aromatic ring is 1. The zero-order chi connectivity index (χ0) is 13.2. The van der Waals surface area contributed by atoms with Gasteiger partial charge in [-0.05, 0) is 24.3 Å². The minimum atomic E-state index is -3.66. The van der Waals surface area contributed by atoms with Crippen LogP contribution in [-0.4, -0.2) is 18.6 Å². The standard InChI is InChI=1S/C9H11N5O2S2/c10-5-8-12-13-9(17-8)14-18(15,16)7-3-1-6(11)2-4-7/h1-4H,5,10-11H2,(H,13,14). The van der Waals surface area contributed by atoms with Crippen LogP contribution in [0.25, 0.3) is 0 Å². The maximum absolute atomic E-state index is 12.0. The summed E-state index contributed by atoms with van der Waals surface area (Å²) in [7, 11) is -3.66. The molecule has 0 radical (unpaired) electrons. The Morgan fingerprint density at radius 2 is 1.89 bits per heavy atom. The lowest BCUT2D eigenvalue weighted by atomic mass is 10.3. The van der Waals surface area contributed by atoms with E-state index < -0.39 is 10.0 Å². The van der Waals surface area contributed by atoms with Gasteiger partial charge in [0, 0.05) is 12.2 Å². The van der Waals surface area contributed by atoms with E-state index in [1.165, 1.54) is 24.3 Å². The molecule has 0 atom stereocenters. The molecule has 7 nitrogen and oxygen atoms in total. The van der Waals surface area contributed by atoms with Crippen LogP contribution in [0, 0.1) is 0 Å². The Bertz CT molecular complexity index is 635. The van der Waals surface area contributed by atoms with Crippen molar-refractivity contribution >= 4 is 32.2 Å². The summed E-state index contributed by atoms with van der Waals surface area (Å²) < 4.78 is 26.3. The van der Waals surface area contributed by atoms with Gasteiger partial charge in [0.15, 0.2) is 0 Å². The number of aromatic nitrogens is 2. The fourth-order valence-electron chi connectivity index (χ4n) is 1.20. The minimum Gasteiger partial charge on any atom is -0.399 e. The Morgan fingerprint density at radius 1 is 1.22 bits per heavy atom. The van der Waals surface area contributed by atoms with E-state index in [1.54, 1.807) is 0 Å². The Kier molecular flexibility index (Phi) is 3.45. The van der Waals surface area contributed by atoms with Crippen LogP contribution in [0.3, 0.4) is 0 Å². The summed E-state index contributed by atoms with van der Waals surface area (Å²) in [6, 6.07) is 5.87. The molecule has 2 rings (SSSR count). The molecule has 2 aromatic rings. The first-order chi connectivity index (χ1) is 8.51. The van der Waals surface area contributed by atoms with Crippen molar-refractivity contribution < 1.29 is 8.42 Å². The van der Waals surface area contributed by atoms with E-state index in [1.807, 2.05) is 0 Å². The average Bonchev–Trinajstić information content (AvgIpc) is 2.76. The van der Waals surface area contributed by atoms with Crippen molar-refractivity contribution in [3.05, 3.63) is 29.3 Å². The number of hydrogen-bond donors (Lipinski definition) is 3. The lowest BCUT2D eigenvalue weighted by Crippen LogP contribution is -2.12. The second-order valence-corrected chi connectivity index (χ2v) is 6.12. The molecule has 0 saturated carbocycles. The van der Waals surface area contributed by atoms with E-state index in [4.69, 9.17) is 11.5 Å². The summed E-state index contributed by atoms with van der Waals surface area (Å²) in [6.45, 7) is 0.223. The van der Waals surface area contributed by atoms with Gasteiger partial charge < -0.3 is 11.5 Å². The molecule has 0 fully saturated rings. The molecule has 0 aliphatic rings. The lowest BCUT2D eigenvalue weighted by Gasteiger charge is -2.04. The maximum Gasteiger partial charge on any atom is 0.263 e. The molecule has 0 amide bonds. The number of anilines is 2. The zero-order valence-corrected chi connectivity index (χ0v) is 10.8. The highest BCUT2D eigenvalue weighted by atomic mass is 32.2. The van der Waals surface area contributed by atoms with Gasteiger partial charge >= 0.3 is 0 Å². The first-order valence-corrected chi connectivity index (χ1v) is 7.22. The molecule has 0 spiro atoms. The molecule has 0 bridgehead atoms. The van der Waals surface area contributed by atoms with Crippen molar-refractivity contribution in [1.82, 2.24) is 10.2 Å². The molecule has 96 valence electrons. The predicted molar refractivity (Wildman–Crippen MR) is 69.5 cm³/mol. The Hall–Kier alpha value is -1.71. The van der Waals surface area contributed by atoms with Gasteiger partial charge in [-0.1, -0.05) is 11.3 Å². The quantitative estimate of drug-likeness (QED) is 0.698. The Balaban J connectivity index is 2.24. The van der Waals surface area contributed by atoms with Crippen LogP contribution in [0.15, 0.2) is 29.2 Å². The van der Waals surface area contributed by atoms with Gasteiger partial charge in [0.25, 0.3) is 10.0 Å². The van der Waals surface area contributed by atoms with E-state index in [2.05, 4.69) is 14.9 Å². The van der Waals surface area contributed by atoms with Gasteiger partial charge in [-0.3, -0.25) is 4.72 Å². The maximum atomic E-state index is 12.0. The molecular formula is C9H11N5O2S2. The Labute approximate surface area is 108 Å². The number of nitrogens with zero attached hydrogens (tertiary/aromatic N) is 2. The SMILES string of the molecule is NCc1nnc(NS(=O)(=O)c2ccc(N)cc2)s1. The topological polar surface area (TPSA) is 124 Å². The highest BCUT2D eigenvalue weighted by Gasteiger charge is 2.16. The van der Waals surface area contributed by atoms with Crippen LogP contribution < -0.4 is 16.2 Å². The normalized spacial score (nSPS) is 11.4. The van der Waals surface area contributed by atoms with E-state index in [0.29, 0.717) is 10.7 Å². The number of sulfonamides is 1. The second-order valence-electron chi connectivity index (χ2n) is 3.38. The average molecular weight is 285 g/mol. The van der Waals surface area contributed by atoms with E-state index in [-0.39, 0.29) is 16.6 Å². The van der Waals surface area contributed by atoms with Crippen LogP contribution in [0.4, 0.5) is 10.8 Å². The summed E-state index contributed by atoms with van der Waals surface area (Å²) in [5.74, 6) is 0. The molecule has 0 unspecified atom stereocenters. The van der Waals surface area contributed by atoms with Gasteiger partial charge in [0.1, 0.15) is 5.01 Å². The summed E-state index contributed by atoms with van der Waals surface area (Å²) in [5, 5.41) is 8.16. The van der Waals surface area contributed by atoms with Gasteiger partial charge in [-0.15, -0.1) is 10.2 Å². The first kappa shape index (κ1) is 12.7. The van der Waals surface area contributed by atoms with Crippen molar-refractivity contribution in [1.29, 1.82) is 0 Å². The summed E-state index contributed by atoms with van der Waals surface area (Å²) >= 11 is 1.10. The minimum absolute atomic E-state index is 0.112. The van der Waals surface area contributed by atoms with Crippen molar-refractivity contribution in [2.45, 2.75) is 11.4 Å². The van der Waals surface area contributed by atoms with Crippen molar-refractivity contribution in [2.24, 2.45) is 5.73 Å². The smallest absolute Gasteiger partial charge is 0.263 e. The lowest BCUT2D eigenvalue weighted by molar-refractivity contribution is 0.601. The summed E-state index contributed by atoms with van der Waals surface area (Å²) in [5.41, 5.74) is 11.4. The third-order valence-corrected chi connectivity index (χ3v) is 4.40. The van der Waals surface area contributed by atoms with Gasteiger partial charge in [-0.2, -0.15) is 0 Å². The first-order valence-electron chi connectivity index (χ1n) is 4.92. The molecule has 0 aliphatic heterocycles. The number of nitrogens with two attached hydrogens (primary N) is 2. The molecule has 5 N–H and O–H groups in total. The van der Waals surface area contributed by atoms with Crippen LogP contribution in [0.5, 0.6) is 0 Å². The number of rotatable bonds is 4. The molecule has 1 aromatic heterocycles. The monoisotopic (exact) mass is 285 g/mol. The van der Waals surface area contributed by atoms with Crippen molar-refractivity contribution in [3.63, 3.8) is 0 Å². The van der Waals surface area contributed by atoms with Crippen LogP contribution >= 0.6 is 11.3 Å². The fourth-order valence-corrected chi connectivity index (χ4v) is 3.05. The van der Waals surface area contributed by atoms with E-state index in [9.17, 15) is 8.42 Å². The van der Waals surface area contributed by atoms with E-state index in [0.717, 1.165) is 11.3 Å². The number of benzene rings is 1. The van der Waals surface area contributed by atoms with Crippen molar-refractivity contribution in [2.75, 3.05) is 10.5 Å². The van der Waals surface area contributed by atoms with E-state index >= 15 is 0 Å². The third kappa shape index (κ3) is 2.75. The van der Waals surface area contributed by atoms with Gasteiger partial charge in [0.05, 0.1) is 4.90 Å². The second kappa shape index (κ2) is 4.88. The predicted octanol–water partition coefficient (Wildman–Crippen LogP) is 0.380. The number of nitrogens with one attached hydrogen (secondary N) is 1. The number of hydrogen-bond acceptors (Lipinski definition) is 7. The van der Waals surface area contributed by atoms with Crippen LogP contribution in [0.1, 0.15) is 5.01 Å². The molecular weight excluding hydrogens is 274 g/mol. The molecule has 1 aromatic carbocycles. The van der Waals surface area contributed by atoms with Crippen LogP contribution in [-0.2, 0) is 16.6 Å². The highest BCUT2D eigenvalue weighted by molar-refractivity contribution is 7.93. The summed E-state index contributed by atoms with van der Waals surface area (Å²) in [4.78, 5) is 0.112. The van der Waals surface area contributed by atoms with Gasteiger partial charge in [0.2, 0.25) is 5.13 Å². The molecule has 18 heavy (non-hydrogen) atoms. The highest BCUT2D eigenvalue weighted by Crippen LogP contribution is 2.20. The third-order valence-electron chi connectivity index (χ3n) is 2.05. The Morgan fingerprint density at radius 3 is 2.44 bits per heavy atom. The zero-order valence-electron chi connectivity index (χ0n) is 9.20. The molecule has 1 heterocycles. The largest absolute Gasteiger partial charge is 0.399 e. The van der Waals surface area contributed by atoms with Gasteiger partial charge in [-0.25, -0.2) is 8.42 Å².